The van der Waals surface area contributed by atoms with Crippen molar-refractivity contribution in [3.05, 3.63) is 0 Å². The smallest absolute Gasteiger partial charge is 0.0779 e. The molecule has 2 aliphatic rings. The Hall–Kier alpha value is -1.04. The van der Waals surface area contributed by atoms with Gasteiger partial charge in [0.05, 0.1) is 23.3 Å². The van der Waals surface area contributed by atoms with E-state index in [1.807, 2.05) is 0 Å². The Morgan fingerprint density at radius 1 is 0.731 bits per heavy atom. The minimum Gasteiger partial charge on any atom is -0.393 e. The molecule has 4 nitrogen and oxygen atoms in total. The molecule has 0 saturated carbocycles. The Bertz CT molecular complexity index is 551. The quantitative estimate of drug-likeness (QED) is 0.739. The summed E-state index contributed by atoms with van der Waals surface area (Å²) in [5.41, 5.74) is -0.478. The lowest BCUT2D eigenvalue weighted by atomic mass is 9.91. The van der Waals surface area contributed by atoms with Crippen molar-refractivity contribution in [3.8, 4) is 23.7 Å². The first-order valence-corrected chi connectivity index (χ1v) is 9.93. The van der Waals surface area contributed by atoms with Crippen molar-refractivity contribution in [2.24, 2.45) is 11.8 Å². The van der Waals surface area contributed by atoms with E-state index in [0.29, 0.717) is 0 Å². The number of aliphatic hydroxyl groups is 2. The number of nitrogens with zero attached hydrogens (tertiary/aromatic N) is 2. The molecule has 0 aromatic rings. The van der Waals surface area contributed by atoms with Crippen LogP contribution in [0.25, 0.3) is 0 Å². The van der Waals surface area contributed by atoms with Gasteiger partial charge in [0.15, 0.2) is 0 Å². The van der Waals surface area contributed by atoms with Crippen LogP contribution in [-0.2, 0) is 0 Å². The highest BCUT2D eigenvalue weighted by atomic mass is 16.3. The molecule has 0 aromatic carbocycles. The molecule has 0 spiro atoms. The van der Waals surface area contributed by atoms with E-state index in [2.05, 4.69) is 75.0 Å². The zero-order valence-electron chi connectivity index (χ0n) is 17.3. The van der Waals surface area contributed by atoms with Crippen LogP contribution in [0.5, 0.6) is 0 Å². The van der Waals surface area contributed by atoms with Crippen LogP contribution in [0.1, 0.15) is 54.4 Å². The molecule has 4 atom stereocenters. The van der Waals surface area contributed by atoms with E-state index in [9.17, 15) is 10.2 Å². The Kier molecular flexibility index (Phi) is 6.81. The number of piperidine rings is 2. The second kappa shape index (κ2) is 8.32. The molecule has 0 unspecified atom stereocenters. The zero-order chi connectivity index (χ0) is 19.5. The van der Waals surface area contributed by atoms with Gasteiger partial charge in [-0.05, 0) is 64.2 Å². The van der Waals surface area contributed by atoms with Crippen molar-refractivity contribution in [1.82, 2.24) is 9.80 Å². The minimum absolute atomic E-state index is 0.193. The van der Waals surface area contributed by atoms with Crippen molar-refractivity contribution in [2.75, 3.05) is 26.2 Å². The lowest BCUT2D eigenvalue weighted by Crippen LogP contribution is -2.51. The van der Waals surface area contributed by atoms with E-state index in [1.54, 1.807) is 0 Å². The van der Waals surface area contributed by atoms with Crippen LogP contribution >= 0.6 is 0 Å². The monoisotopic (exact) mass is 360 g/mol. The highest BCUT2D eigenvalue weighted by Crippen LogP contribution is 2.25. The van der Waals surface area contributed by atoms with Gasteiger partial charge in [-0.25, -0.2) is 0 Å². The van der Waals surface area contributed by atoms with Gasteiger partial charge >= 0.3 is 0 Å². The molecule has 0 aromatic heterocycles. The van der Waals surface area contributed by atoms with E-state index in [1.165, 1.54) is 0 Å². The second-order valence-electron chi connectivity index (χ2n) is 9.18. The molecular formula is C22H36N2O2. The third-order valence-electron chi connectivity index (χ3n) is 6.10. The van der Waals surface area contributed by atoms with Gasteiger partial charge in [-0.1, -0.05) is 25.7 Å². The maximum atomic E-state index is 9.92. The summed E-state index contributed by atoms with van der Waals surface area (Å²) >= 11 is 0. The highest BCUT2D eigenvalue weighted by molar-refractivity contribution is 5.33. The minimum atomic E-state index is -0.239. The molecule has 2 saturated heterocycles. The molecule has 2 aliphatic heterocycles. The van der Waals surface area contributed by atoms with E-state index >= 15 is 0 Å². The summed E-state index contributed by atoms with van der Waals surface area (Å²) in [5, 5.41) is 19.8. The van der Waals surface area contributed by atoms with Gasteiger partial charge in [0.1, 0.15) is 0 Å². The molecule has 26 heavy (non-hydrogen) atoms. The van der Waals surface area contributed by atoms with Crippen molar-refractivity contribution in [3.63, 3.8) is 0 Å². The number of likely N-dealkylation sites (tertiary alicyclic amines) is 2. The maximum Gasteiger partial charge on any atom is 0.0779 e. The van der Waals surface area contributed by atoms with Gasteiger partial charge in [0.25, 0.3) is 0 Å². The number of hydrogen-bond donors (Lipinski definition) is 2. The summed E-state index contributed by atoms with van der Waals surface area (Å²) in [4.78, 5) is 4.69. The predicted molar refractivity (Wildman–Crippen MR) is 106 cm³/mol. The largest absolute Gasteiger partial charge is 0.393 e. The number of hydrogen-bond acceptors (Lipinski definition) is 4. The first-order chi connectivity index (χ1) is 12.0. The summed E-state index contributed by atoms with van der Waals surface area (Å²) < 4.78 is 0. The fourth-order valence-electron chi connectivity index (χ4n) is 3.81. The molecule has 0 aliphatic carbocycles. The molecular weight excluding hydrogens is 324 g/mol. The average Bonchev–Trinajstić information content (AvgIpc) is 2.56. The predicted octanol–water partition coefficient (Wildman–Crippen LogP) is 1.96. The Labute approximate surface area is 159 Å². The summed E-state index contributed by atoms with van der Waals surface area (Å²) in [6, 6.07) is 0. The van der Waals surface area contributed by atoms with Crippen molar-refractivity contribution < 1.29 is 10.2 Å². The van der Waals surface area contributed by atoms with Gasteiger partial charge < -0.3 is 10.2 Å². The fourth-order valence-corrected chi connectivity index (χ4v) is 3.81. The molecule has 4 heteroatoms. The second-order valence-corrected chi connectivity index (χ2v) is 9.18. The van der Waals surface area contributed by atoms with Crippen molar-refractivity contribution >= 4 is 0 Å². The Balaban J connectivity index is 2.00. The molecule has 2 rings (SSSR count). The lowest BCUT2D eigenvalue weighted by Gasteiger charge is -2.42. The Morgan fingerprint density at radius 3 is 1.38 bits per heavy atom. The molecule has 2 heterocycles. The van der Waals surface area contributed by atoms with Crippen LogP contribution in [0.3, 0.4) is 0 Å². The SMILES string of the molecule is C[C@@H]1CN(C(C)(C)C#CC#CC(C)(C)N2CC[C@H](O)[C@H](C)C2)CC[C@@H]1O. The average molecular weight is 361 g/mol. The molecule has 146 valence electrons. The molecule has 2 N–H and O–H groups in total. The molecule has 0 amide bonds. The summed E-state index contributed by atoms with van der Waals surface area (Å²) in [6.45, 7) is 16.2. The van der Waals surface area contributed by atoms with Gasteiger partial charge in [0, 0.05) is 26.2 Å². The zero-order valence-corrected chi connectivity index (χ0v) is 17.3. The van der Waals surface area contributed by atoms with Crippen LogP contribution in [0, 0.1) is 35.5 Å². The number of aliphatic hydroxyl groups excluding tert-OH is 2. The first kappa shape index (κ1) is 21.3. The Morgan fingerprint density at radius 2 is 1.08 bits per heavy atom. The fraction of sp³-hybridized carbons (Fsp3) is 0.818. The van der Waals surface area contributed by atoms with Gasteiger partial charge in [-0.2, -0.15) is 0 Å². The standard InChI is InChI=1S/C22H36N2O2/c1-17-15-23(13-9-19(17)25)21(3,4)11-7-8-12-22(5,6)24-14-10-20(26)18(2)16-24/h17-20,25-26H,9-10,13-16H2,1-6H3/t17-,18-,19+,20+/m1/s1. The van der Waals surface area contributed by atoms with Gasteiger partial charge in [-0.3, -0.25) is 9.80 Å². The van der Waals surface area contributed by atoms with Crippen LogP contribution in [-0.4, -0.2) is 69.5 Å². The first-order valence-electron chi connectivity index (χ1n) is 9.93. The van der Waals surface area contributed by atoms with Crippen LogP contribution < -0.4 is 0 Å². The summed E-state index contributed by atoms with van der Waals surface area (Å²) in [5.74, 6) is 13.3. The van der Waals surface area contributed by atoms with E-state index < -0.39 is 0 Å². The van der Waals surface area contributed by atoms with Gasteiger partial charge in [-0.15, -0.1) is 0 Å². The maximum absolute atomic E-state index is 9.92. The van der Waals surface area contributed by atoms with E-state index in [4.69, 9.17) is 0 Å². The summed E-state index contributed by atoms with van der Waals surface area (Å²) in [7, 11) is 0. The topological polar surface area (TPSA) is 46.9 Å². The third kappa shape index (κ3) is 5.24. The van der Waals surface area contributed by atoms with E-state index in [0.717, 1.165) is 39.0 Å². The third-order valence-corrected chi connectivity index (χ3v) is 6.10. The lowest BCUT2D eigenvalue weighted by molar-refractivity contribution is 0.00867. The normalized spacial score (nSPS) is 31.5. The van der Waals surface area contributed by atoms with Crippen molar-refractivity contribution in [1.29, 1.82) is 0 Å². The molecule has 0 bridgehead atoms. The summed E-state index contributed by atoms with van der Waals surface area (Å²) in [6.07, 6.45) is 1.23. The number of rotatable bonds is 2. The van der Waals surface area contributed by atoms with Crippen LogP contribution in [0.4, 0.5) is 0 Å². The van der Waals surface area contributed by atoms with Crippen molar-refractivity contribution in [2.45, 2.75) is 77.7 Å². The van der Waals surface area contributed by atoms with Crippen LogP contribution in [0.2, 0.25) is 0 Å². The van der Waals surface area contributed by atoms with Crippen LogP contribution in [0.15, 0.2) is 0 Å². The molecule has 0 radical (unpaired) electrons. The highest BCUT2D eigenvalue weighted by Gasteiger charge is 2.33. The molecule has 2 fully saturated rings. The van der Waals surface area contributed by atoms with Gasteiger partial charge in [0.2, 0.25) is 0 Å². The van der Waals surface area contributed by atoms with E-state index in [-0.39, 0.29) is 35.1 Å².